The Hall–Kier alpha value is -1.49. The minimum Gasteiger partial charge on any atom is -0.490 e. The SMILES string of the molecule is CCOc1ccc(NC(=S)N[C@@H]2CCCC[C@@H]2C)cc1OCC. The highest BCUT2D eigenvalue weighted by Crippen LogP contribution is 2.30. The zero-order valence-corrected chi connectivity index (χ0v) is 15.2. The summed E-state index contributed by atoms with van der Waals surface area (Å²) in [5.41, 5.74) is 0.915. The molecule has 0 bridgehead atoms. The van der Waals surface area contributed by atoms with Gasteiger partial charge in [0, 0.05) is 17.8 Å². The molecule has 1 aromatic carbocycles. The van der Waals surface area contributed by atoms with Crippen molar-refractivity contribution in [2.45, 2.75) is 52.5 Å². The van der Waals surface area contributed by atoms with Gasteiger partial charge in [-0.05, 0) is 57.0 Å². The normalized spacial score (nSPS) is 20.7. The summed E-state index contributed by atoms with van der Waals surface area (Å²) in [6, 6.07) is 6.29. The van der Waals surface area contributed by atoms with Crippen LogP contribution < -0.4 is 20.1 Å². The maximum Gasteiger partial charge on any atom is 0.171 e. The van der Waals surface area contributed by atoms with Crippen molar-refractivity contribution in [3.63, 3.8) is 0 Å². The lowest BCUT2D eigenvalue weighted by Crippen LogP contribution is -2.43. The zero-order valence-electron chi connectivity index (χ0n) is 14.4. The lowest BCUT2D eigenvalue weighted by atomic mass is 9.86. The second kappa shape index (κ2) is 8.96. The summed E-state index contributed by atoms with van der Waals surface area (Å²) in [6.07, 6.45) is 5.08. The summed E-state index contributed by atoms with van der Waals surface area (Å²) in [5.74, 6) is 2.18. The summed E-state index contributed by atoms with van der Waals surface area (Å²) in [6.45, 7) is 7.44. The molecule has 1 saturated carbocycles. The number of nitrogens with one attached hydrogen (secondary N) is 2. The Morgan fingerprint density at radius 3 is 2.52 bits per heavy atom. The van der Waals surface area contributed by atoms with Crippen LogP contribution in [0, 0.1) is 5.92 Å². The fourth-order valence-corrected chi connectivity index (χ4v) is 3.26. The molecular weight excluding hydrogens is 308 g/mol. The van der Waals surface area contributed by atoms with Crippen LogP contribution in [0.4, 0.5) is 5.69 Å². The number of thiocarbonyl (C=S) groups is 1. The highest BCUT2D eigenvalue weighted by atomic mass is 32.1. The van der Waals surface area contributed by atoms with Crippen LogP contribution in [0.5, 0.6) is 11.5 Å². The molecule has 0 unspecified atom stereocenters. The Kier molecular flexibility index (Phi) is 6.96. The fraction of sp³-hybridized carbons (Fsp3) is 0.611. The Labute approximate surface area is 144 Å². The van der Waals surface area contributed by atoms with Crippen LogP contribution in [0.15, 0.2) is 18.2 Å². The van der Waals surface area contributed by atoms with Crippen molar-refractivity contribution in [1.29, 1.82) is 0 Å². The quantitative estimate of drug-likeness (QED) is 0.756. The van der Waals surface area contributed by atoms with Crippen molar-refractivity contribution in [3.05, 3.63) is 18.2 Å². The first-order valence-electron chi connectivity index (χ1n) is 8.61. The minimum absolute atomic E-state index is 0.470. The van der Waals surface area contributed by atoms with Crippen molar-refractivity contribution in [2.75, 3.05) is 18.5 Å². The van der Waals surface area contributed by atoms with E-state index in [9.17, 15) is 0 Å². The van der Waals surface area contributed by atoms with Gasteiger partial charge in [0.2, 0.25) is 0 Å². The molecule has 0 saturated heterocycles. The maximum atomic E-state index is 5.65. The first kappa shape index (κ1) is 17.9. The second-order valence-electron chi connectivity index (χ2n) is 5.99. The van der Waals surface area contributed by atoms with Gasteiger partial charge in [-0.2, -0.15) is 0 Å². The third-order valence-electron chi connectivity index (χ3n) is 4.23. The largest absolute Gasteiger partial charge is 0.490 e. The molecule has 0 heterocycles. The molecule has 0 amide bonds. The molecule has 2 N–H and O–H groups in total. The van der Waals surface area contributed by atoms with E-state index in [1.807, 2.05) is 32.0 Å². The number of hydrogen-bond acceptors (Lipinski definition) is 3. The van der Waals surface area contributed by atoms with Crippen LogP contribution in [0.2, 0.25) is 0 Å². The molecule has 1 aliphatic carbocycles. The van der Waals surface area contributed by atoms with Crippen molar-refractivity contribution in [1.82, 2.24) is 5.32 Å². The van der Waals surface area contributed by atoms with Crippen LogP contribution in [-0.4, -0.2) is 24.4 Å². The van der Waals surface area contributed by atoms with E-state index in [0.29, 0.717) is 30.3 Å². The Bertz CT molecular complexity index is 522. The monoisotopic (exact) mass is 336 g/mol. The molecule has 5 heteroatoms. The van der Waals surface area contributed by atoms with Gasteiger partial charge in [-0.3, -0.25) is 0 Å². The maximum absolute atomic E-state index is 5.65. The van der Waals surface area contributed by atoms with Crippen LogP contribution in [-0.2, 0) is 0 Å². The lowest BCUT2D eigenvalue weighted by molar-refractivity contribution is 0.288. The van der Waals surface area contributed by atoms with E-state index in [1.54, 1.807) is 0 Å². The van der Waals surface area contributed by atoms with Gasteiger partial charge in [0.1, 0.15) is 0 Å². The van der Waals surface area contributed by atoms with Crippen molar-refractivity contribution >= 4 is 23.0 Å². The van der Waals surface area contributed by atoms with Crippen LogP contribution in [0.1, 0.15) is 46.5 Å². The highest BCUT2D eigenvalue weighted by Gasteiger charge is 2.21. The van der Waals surface area contributed by atoms with E-state index in [-0.39, 0.29) is 0 Å². The van der Waals surface area contributed by atoms with E-state index in [1.165, 1.54) is 25.7 Å². The highest BCUT2D eigenvalue weighted by molar-refractivity contribution is 7.80. The Morgan fingerprint density at radius 2 is 1.83 bits per heavy atom. The molecule has 1 aliphatic rings. The van der Waals surface area contributed by atoms with Crippen LogP contribution in [0.25, 0.3) is 0 Å². The molecule has 128 valence electrons. The van der Waals surface area contributed by atoms with E-state index >= 15 is 0 Å². The average Bonchev–Trinajstić information content (AvgIpc) is 2.52. The Morgan fingerprint density at radius 1 is 1.13 bits per heavy atom. The number of rotatable bonds is 6. The van der Waals surface area contributed by atoms with Crippen molar-refractivity contribution in [3.8, 4) is 11.5 Å². The summed E-state index contributed by atoms with van der Waals surface area (Å²) in [7, 11) is 0. The molecule has 2 rings (SSSR count). The first-order valence-corrected chi connectivity index (χ1v) is 9.02. The second-order valence-corrected chi connectivity index (χ2v) is 6.40. The molecule has 1 aromatic rings. The number of hydrogen-bond donors (Lipinski definition) is 2. The zero-order chi connectivity index (χ0) is 16.7. The lowest BCUT2D eigenvalue weighted by Gasteiger charge is -2.30. The third kappa shape index (κ3) is 5.27. The molecule has 0 radical (unpaired) electrons. The van der Waals surface area contributed by atoms with Gasteiger partial charge < -0.3 is 20.1 Å². The summed E-state index contributed by atoms with van der Waals surface area (Å²) >= 11 is 5.47. The van der Waals surface area contributed by atoms with Gasteiger partial charge in [0.15, 0.2) is 16.6 Å². The van der Waals surface area contributed by atoms with Gasteiger partial charge in [0.05, 0.1) is 13.2 Å². The topological polar surface area (TPSA) is 42.5 Å². The van der Waals surface area contributed by atoms with E-state index in [4.69, 9.17) is 21.7 Å². The van der Waals surface area contributed by atoms with E-state index in [2.05, 4.69) is 17.6 Å². The molecule has 2 atom stereocenters. The van der Waals surface area contributed by atoms with Crippen LogP contribution in [0.3, 0.4) is 0 Å². The summed E-state index contributed by atoms with van der Waals surface area (Å²) < 4.78 is 11.2. The predicted octanol–water partition coefficient (Wildman–Crippen LogP) is 4.35. The Balaban J connectivity index is 1.98. The van der Waals surface area contributed by atoms with Crippen LogP contribution >= 0.6 is 12.2 Å². The molecule has 0 spiro atoms. The molecule has 0 aliphatic heterocycles. The summed E-state index contributed by atoms with van der Waals surface area (Å²) in [5, 5.41) is 7.40. The fourth-order valence-electron chi connectivity index (χ4n) is 3.00. The molecule has 0 aromatic heterocycles. The predicted molar refractivity (Wildman–Crippen MR) is 99.6 cm³/mol. The number of ether oxygens (including phenoxy) is 2. The van der Waals surface area contributed by atoms with Gasteiger partial charge in [-0.25, -0.2) is 0 Å². The third-order valence-corrected chi connectivity index (χ3v) is 4.45. The minimum atomic E-state index is 0.470. The van der Waals surface area contributed by atoms with E-state index < -0.39 is 0 Å². The first-order chi connectivity index (χ1) is 11.1. The van der Waals surface area contributed by atoms with Crippen molar-refractivity contribution < 1.29 is 9.47 Å². The standard InChI is InChI=1S/C18H28N2O2S/c1-4-21-16-11-10-14(12-17(16)22-5-2)19-18(23)20-15-9-7-6-8-13(15)3/h10-13,15H,4-9H2,1-3H3,(H2,19,20,23)/t13-,15+/m0/s1. The van der Waals surface area contributed by atoms with Gasteiger partial charge in [-0.15, -0.1) is 0 Å². The van der Waals surface area contributed by atoms with Gasteiger partial charge in [0.25, 0.3) is 0 Å². The number of benzene rings is 1. The van der Waals surface area contributed by atoms with E-state index in [0.717, 1.165) is 17.2 Å². The molecular formula is C18H28N2O2S. The molecule has 4 nitrogen and oxygen atoms in total. The number of anilines is 1. The van der Waals surface area contributed by atoms with Gasteiger partial charge in [-0.1, -0.05) is 19.8 Å². The average molecular weight is 337 g/mol. The van der Waals surface area contributed by atoms with Gasteiger partial charge >= 0.3 is 0 Å². The summed E-state index contributed by atoms with van der Waals surface area (Å²) in [4.78, 5) is 0. The smallest absolute Gasteiger partial charge is 0.171 e. The molecule has 1 fully saturated rings. The molecule has 23 heavy (non-hydrogen) atoms. The van der Waals surface area contributed by atoms with Crippen molar-refractivity contribution in [2.24, 2.45) is 5.92 Å².